The molecule has 12 heavy (non-hydrogen) atoms. The molecule has 66 valence electrons. The Labute approximate surface area is 97.0 Å². The van der Waals surface area contributed by atoms with E-state index in [9.17, 15) is 0 Å². The first-order chi connectivity index (χ1) is 5.18. The number of hydrogen-bond donors (Lipinski definition) is 2. The van der Waals surface area contributed by atoms with Crippen LogP contribution < -0.4 is 5.43 Å². The van der Waals surface area contributed by atoms with E-state index >= 15 is 0 Å². The van der Waals surface area contributed by atoms with Crippen LogP contribution in [0.25, 0.3) is 0 Å². The number of hydrazine groups is 1. The number of thiocarbonyl (C=S) groups is 1. The van der Waals surface area contributed by atoms with Gasteiger partial charge in [-0.3, -0.25) is 0 Å². The number of nitrogens with one attached hydrogen (secondary N) is 1. The van der Waals surface area contributed by atoms with Crippen LogP contribution in [-0.2, 0) is 19.5 Å². The summed E-state index contributed by atoms with van der Waals surface area (Å²) in [7, 11) is 2.12. The standard InChI is InChI=1S/C6H13N3S2.Zn/c1-8-2-4-9(5-3-8)7-6(10)11;/h2-5H2,1H3,(H2,7,10,11);. The maximum absolute atomic E-state index is 4.80. The molecular weight excluding hydrogens is 244 g/mol. The molecule has 0 aliphatic carbocycles. The van der Waals surface area contributed by atoms with Gasteiger partial charge in [0.2, 0.25) is 0 Å². The quantitative estimate of drug-likeness (QED) is 0.389. The molecule has 1 heterocycles. The minimum absolute atomic E-state index is 0. The van der Waals surface area contributed by atoms with E-state index in [4.69, 9.17) is 12.2 Å². The third-order valence-corrected chi connectivity index (χ3v) is 1.95. The van der Waals surface area contributed by atoms with Gasteiger partial charge in [-0.05, 0) is 7.05 Å². The predicted octanol–water partition coefficient (Wildman–Crippen LogP) is -0.0494. The van der Waals surface area contributed by atoms with Crippen LogP contribution in [0.3, 0.4) is 0 Å². The van der Waals surface area contributed by atoms with Crippen molar-refractivity contribution in [1.29, 1.82) is 0 Å². The number of nitrogens with zero attached hydrogens (tertiary/aromatic N) is 2. The fraction of sp³-hybridized carbons (Fsp3) is 0.833. The summed E-state index contributed by atoms with van der Waals surface area (Å²) < 4.78 is 0.551. The molecule has 0 atom stereocenters. The van der Waals surface area contributed by atoms with Gasteiger partial charge in [0.1, 0.15) is 4.32 Å². The number of likely N-dealkylation sites (N-methyl/N-ethyl adjacent to an activating group) is 1. The molecule has 0 amide bonds. The third-order valence-electron chi connectivity index (χ3n) is 1.76. The zero-order valence-corrected chi connectivity index (χ0v) is 12.0. The van der Waals surface area contributed by atoms with Gasteiger partial charge in [-0.1, -0.05) is 12.2 Å². The van der Waals surface area contributed by atoms with Crippen LogP contribution in [0.5, 0.6) is 0 Å². The average Bonchev–Trinajstić information content (AvgIpc) is 1.93. The van der Waals surface area contributed by atoms with Gasteiger partial charge in [0.15, 0.2) is 0 Å². The molecule has 1 aliphatic heterocycles. The van der Waals surface area contributed by atoms with E-state index in [0.29, 0.717) is 4.32 Å². The van der Waals surface area contributed by atoms with E-state index < -0.39 is 0 Å². The van der Waals surface area contributed by atoms with E-state index in [2.05, 4.69) is 35.0 Å². The molecule has 1 N–H and O–H groups in total. The van der Waals surface area contributed by atoms with Gasteiger partial charge in [0, 0.05) is 45.7 Å². The van der Waals surface area contributed by atoms with Gasteiger partial charge in [-0.2, -0.15) is 0 Å². The summed E-state index contributed by atoms with van der Waals surface area (Å²) in [5.41, 5.74) is 3.00. The molecule has 0 radical (unpaired) electrons. The molecule has 0 aromatic carbocycles. The molecule has 0 spiro atoms. The summed E-state index contributed by atoms with van der Waals surface area (Å²) in [6, 6.07) is 0. The number of thiol groups is 1. The number of hydrogen-bond acceptors (Lipinski definition) is 3. The predicted molar refractivity (Wildman–Crippen MR) is 53.8 cm³/mol. The molecule has 0 aromatic heterocycles. The molecule has 0 bridgehead atoms. The van der Waals surface area contributed by atoms with Gasteiger partial charge in [-0.15, -0.1) is 12.6 Å². The molecule has 0 unspecified atom stereocenters. The minimum atomic E-state index is 0. The monoisotopic (exact) mass is 255 g/mol. The van der Waals surface area contributed by atoms with E-state index in [1.54, 1.807) is 0 Å². The summed E-state index contributed by atoms with van der Waals surface area (Å²) >= 11 is 8.80. The number of rotatable bonds is 1. The second-order valence-electron chi connectivity index (χ2n) is 2.71. The van der Waals surface area contributed by atoms with Gasteiger partial charge in [-0.25, -0.2) is 5.01 Å². The maximum atomic E-state index is 4.80. The van der Waals surface area contributed by atoms with Crippen LogP contribution in [0.4, 0.5) is 0 Å². The topological polar surface area (TPSA) is 18.5 Å². The van der Waals surface area contributed by atoms with Gasteiger partial charge in [0.05, 0.1) is 0 Å². The molecule has 1 saturated heterocycles. The Bertz CT molecular complexity index is 148. The second kappa shape index (κ2) is 6.27. The fourth-order valence-electron chi connectivity index (χ4n) is 1.05. The van der Waals surface area contributed by atoms with Crippen LogP contribution in [0, 0.1) is 0 Å². The molecule has 1 aliphatic rings. The second-order valence-corrected chi connectivity index (χ2v) is 3.87. The van der Waals surface area contributed by atoms with Gasteiger partial charge >= 0.3 is 0 Å². The van der Waals surface area contributed by atoms with E-state index in [-0.39, 0.29) is 19.5 Å². The molecule has 6 heteroatoms. The smallest absolute Gasteiger partial charge is 0.145 e. The van der Waals surface area contributed by atoms with Crippen molar-refractivity contribution in [2.75, 3.05) is 33.2 Å². The molecule has 1 fully saturated rings. The molecule has 0 saturated carbocycles. The van der Waals surface area contributed by atoms with Crippen LogP contribution in [0.1, 0.15) is 0 Å². The Balaban J connectivity index is 0.00000121. The molecular formula is C6H13N3S2Zn. The van der Waals surface area contributed by atoms with Crippen molar-refractivity contribution in [1.82, 2.24) is 15.3 Å². The Morgan fingerprint density at radius 1 is 1.33 bits per heavy atom. The van der Waals surface area contributed by atoms with Crippen LogP contribution in [0.2, 0.25) is 0 Å². The number of piperazine rings is 1. The van der Waals surface area contributed by atoms with Crippen molar-refractivity contribution >= 4 is 29.2 Å². The summed E-state index contributed by atoms with van der Waals surface area (Å²) in [4.78, 5) is 2.29. The van der Waals surface area contributed by atoms with E-state index in [1.165, 1.54) is 0 Å². The van der Waals surface area contributed by atoms with Crippen molar-refractivity contribution in [3.8, 4) is 0 Å². The zero-order valence-electron chi connectivity index (χ0n) is 7.29. The third kappa shape index (κ3) is 4.72. The van der Waals surface area contributed by atoms with Crippen molar-refractivity contribution in [3.05, 3.63) is 0 Å². The Hall–Kier alpha value is 0.783. The molecule has 3 nitrogen and oxygen atoms in total. The Kier molecular flexibility index (Phi) is 6.68. The summed E-state index contributed by atoms with van der Waals surface area (Å²) in [6.45, 7) is 4.20. The zero-order chi connectivity index (χ0) is 8.27. The minimum Gasteiger partial charge on any atom is -0.304 e. The fourth-order valence-corrected chi connectivity index (χ4v) is 1.32. The first kappa shape index (κ1) is 12.8. The van der Waals surface area contributed by atoms with E-state index in [1.807, 2.05) is 0 Å². The van der Waals surface area contributed by atoms with Gasteiger partial charge in [0.25, 0.3) is 0 Å². The van der Waals surface area contributed by atoms with Crippen molar-refractivity contribution < 1.29 is 19.5 Å². The SMILES string of the molecule is CN1CCN(NC(=S)S)CC1.[Zn]. The maximum Gasteiger partial charge on any atom is 0.145 e. The largest absolute Gasteiger partial charge is 0.304 e. The van der Waals surface area contributed by atoms with Crippen LogP contribution in [0.15, 0.2) is 0 Å². The van der Waals surface area contributed by atoms with Crippen molar-refractivity contribution in [2.45, 2.75) is 0 Å². The molecule has 0 aromatic rings. The molecule has 1 rings (SSSR count). The summed E-state index contributed by atoms with van der Waals surface area (Å²) in [6.07, 6.45) is 0. The van der Waals surface area contributed by atoms with Crippen LogP contribution >= 0.6 is 24.8 Å². The van der Waals surface area contributed by atoms with E-state index in [0.717, 1.165) is 26.2 Å². The summed E-state index contributed by atoms with van der Waals surface area (Å²) in [5.74, 6) is 0. The Morgan fingerprint density at radius 3 is 2.25 bits per heavy atom. The van der Waals surface area contributed by atoms with Gasteiger partial charge < -0.3 is 10.3 Å². The summed E-state index contributed by atoms with van der Waals surface area (Å²) in [5, 5.41) is 2.09. The average molecular weight is 257 g/mol. The first-order valence-corrected chi connectivity index (χ1v) is 4.47. The Morgan fingerprint density at radius 2 is 1.83 bits per heavy atom. The van der Waals surface area contributed by atoms with Crippen molar-refractivity contribution in [2.24, 2.45) is 0 Å². The van der Waals surface area contributed by atoms with Crippen LogP contribution in [-0.4, -0.2) is 47.5 Å². The van der Waals surface area contributed by atoms with Crippen molar-refractivity contribution in [3.63, 3.8) is 0 Å². The first-order valence-electron chi connectivity index (χ1n) is 3.61. The normalized spacial score (nSPS) is 19.8.